The molecule has 0 saturated carbocycles. The fourth-order valence-electron chi connectivity index (χ4n) is 1.83. The van der Waals surface area contributed by atoms with E-state index >= 15 is 0 Å². The van der Waals surface area contributed by atoms with Crippen molar-refractivity contribution >= 4 is 5.91 Å². The molecule has 1 heterocycles. The van der Waals surface area contributed by atoms with Gasteiger partial charge in [-0.2, -0.15) is 13.2 Å². The van der Waals surface area contributed by atoms with Crippen molar-refractivity contribution in [2.45, 2.75) is 19.5 Å². The summed E-state index contributed by atoms with van der Waals surface area (Å²) >= 11 is 0. The van der Waals surface area contributed by atoms with Gasteiger partial charge in [0, 0.05) is 20.1 Å². The molecule has 1 saturated heterocycles. The molecule has 16 heavy (non-hydrogen) atoms. The normalized spacial score (nSPS) is 25.8. The van der Waals surface area contributed by atoms with Gasteiger partial charge in [-0.15, -0.1) is 0 Å². The molecule has 0 aromatic heterocycles. The van der Waals surface area contributed by atoms with Crippen LogP contribution in [0.5, 0.6) is 0 Å². The quantitative estimate of drug-likeness (QED) is 0.802. The Morgan fingerprint density at radius 1 is 1.44 bits per heavy atom. The van der Waals surface area contributed by atoms with E-state index in [0.717, 1.165) is 6.54 Å². The summed E-state index contributed by atoms with van der Waals surface area (Å²) in [5.41, 5.74) is 0. The van der Waals surface area contributed by atoms with E-state index in [0.29, 0.717) is 6.54 Å². The van der Waals surface area contributed by atoms with Crippen LogP contribution < -0.4 is 5.32 Å². The Hall–Kier alpha value is -0.780. The first-order valence-electron chi connectivity index (χ1n) is 5.33. The van der Waals surface area contributed by atoms with E-state index < -0.39 is 12.6 Å². The molecular weight excluding hydrogens is 221 g/mol. The summed E-state index contributed by atoms with van der Waals surface area (Å²) in [5, 5.41) is 3.06. The first kappa shape index (κ1) is 13.3. The number of hydrogen-bond donors (Lipinski definition) is 1. The molecule has 0 radical (unpaired) electrons. The van der Waals surface area contributed by atoms with E-state index in [1.165, 1.54) is 11.9 Å². The fourth-order valence-corrected chi connectivity index (χ4v) is 1.83. The largest absolute Gasteiger partial charge is 0.390 e. The fraction of sp³-hybridized carbons (Fsp3) is 0.900. The molecule has 94 valence electrons. The third-order valence-corrected chi connectivity index (χ3v) is 2.94. The Morgan fingerprint density at radius 3 is 2.50 bits per heavy atom. The molecule has 1 N–H and O–H groups in total. The van der Waals surface area contributed by atoms with Crippen LogP contribution in [0.15, 0.2) is 0 Å². The Morgan fingerprint density at radius 2 is 2.06 bits per heavy atom. The first-order valence-corrected chi connectivity index (χ1v) is 5.33. The van der Waals surface area contributed by atoms with Gasteiger partial charge in [0.25, 0.3) is 0 Å². The first-order chi connectivity index (χ1) is 7.31. The summed E-state index contributed by atoms with van der Waals surface area (Å²) in [6, 6.07) is 0. The minimum Gasteiger partial charge on any atom is -0.345 e. The average molecular weight is 238 g/mol. The second-order valence-corrected chi connectivity index (χ2v) is 4.37. The highest BCUT2D eigenvalue weighted by atomic mass is 19.4. The third kappa shape index (κ3) is 3.66. The van der Waals surface area contributed by atoms with E-state index in [1.807, 2.05) is 6.92 Å². The predicted octanol–water partition coefficient (Wildman–Crippen LogP) is 1.25. The molecule has 6 heteroatoms. The van der Waals surface area contributed by atoms with Gasteiger partial charge in [0.05, 0.1) is 12.3 Å². The monoisotopic (exact) mass is 238 g/mol. The minimum atomic E-state index is -4.20. The zero-order chi connectivity index (χ0) is 12.3. The van der Waals surface area contributed by atoms with Crippen molar-refractivity contribution in [3.8, 4) is 0 Å². The molecule has 2 atom stereocenters. The van der Waals surface area contributed by atoms with Gasteiger partial charge in [-0.1, -0.05) is 6.92 Å². The molecule has 0 aliphatic carbocycles. The van der Waals surface area contributed by atoms with Gasteiger partial charge in [0.15, 0.2) is 0 Å². The topological polar surface area (TPSA) is 32.3 Å². The van der Waals surface area contributed by atoms with Crippen LogP contribution in [-0.4, -0.2) is 43.7 Å². The SMILES string of the molecule is C[C@@H]1CNC[C@H]1C(=O)N(C)CCC(F)(F)F. The summed E-state index contributed by atoms with van der Waals surface area (Å²) in [7, 11) is 1.43. The molecule has 1 aliphatic rings. The zero-order valence-corrected chi connectivity index (χ0v) is 9.47. The number of nitrogens with one attached hydrogen (secondary N) is 1. The van der Waals surface area contributed by atoms with Crippen molar-refractivity contribution in [3.63, 3.8) is 0 Å². The minimum absolute atomic E-state index is 0.182. The lowest BCUT2D eigenvalue weighted by atomic mass is 9.97. The number of rotatable bonds is 3. The lowest BCUT2D eigenvalue weighted by molar-refractivity contribution is -0.146. The predicted molar refractivity (Wildman–Crippen MR) is 53.8 cm³/mol. The smallest absolute Gasteiger partial charge is 0.345 e. The number of hydrogen-bond acceptors (Lipinski definition) is 2. The average Bonchev–Trinajstić information content (AvgIpc) is 2.58. The van der Waals surface area contributed by atoms with Gasteiger partial charge >= 0.3 is 6.18 Å². The van der Waals surface area contributed by atoms with Gasteiger partial charge in [0.1, 0.15) is 0 Å². The van der Waals surface area contributed by atoms with Crippen LogP contribution in [0, 0.1) is 11.8 Å². The molecule has 0 bridgehead atoms. The van der Waals surface area contributed by atoms with E-state index in [1.54, 1.807) is 0 Å². The molecule has 0 spiro atoms. The zero-order valence-electron chi connectivity index (χ0n) is 9.47. The molecular formula is C10H17F3N2O. The number of alkyl halides is 3. The van der Waals surface area contributed by atoms with Crippen LogP contribution in [-0.2, 0) is 4.79 Å². The summed E-state index contributed by atoms with van der Waals surface area (Å²) in [6.45, 7) is 2.99. The van der Waals surface area contributed by atoms with Crippen LogP contribution >= 0.6 is 0 Å². The molecule has 0 aromatic carbocycles. The maximum Gasteiger partial charge on any atom is 0.390 e. The van der Waals surface area contributed by atoms with Crippen molar-refractivity contribution in [3.05, 3.63) is 0 Å². The van der Waals surface area contributed by atoms with E-state index in [-0.39, 0.29) is 24.3 Å². The molecule has 1 rings (SSSR count). The van der Waals surface area contributed by atoms with Crippen LogP contribution in [0.2, 0.25) is 0 Å². The van der Waals surface area contributed by atoms with Crippen LogP contribution in [0.1, 0.15) is 13.3 Å². The lowest BCUT2D eigenvalue weighted by Crippen LogP contribution is -2.37. The number of carbonyl (C=O) groups is 1. The van der Waals surface area contributed by atoms with Crippen molar-refractivity contribution in [1.82, 2.24) is 10.2 Å². The van der Waals surface area contributed by atoms with Crippen molar-refractivity contribution in [2.75, 3.05) is 26.7 Å². The number of carbonyl (C=O) groups excluding carboxylic acids is 1. The standard InChI is InChI=1S/C10H17F3N2O/c1-7-5-14-6-8(7)9(16)15(2)4-3-10(11,12)13/h7-8,14H,3-6H2,1-2H3/t7-,8-/m1/s1. The molecule has 1 fully saturated rings. The maximum absolute atomic E-state index is 12.0. The second-order valence-electron chi connectivity index (χ2n) is 4.37. The van der Waals surface area contributed by atoms with E-state index in [2.05, 4.69) is 5.32 Å². The van der Waals surface area contributed by atoms with Gasteiger partial charge in [-0.25, -0.2) is 0 Å². The summed E-state index contributed by atoms with van der Waals surface area (Å²) in [4.78, 5) is 13.0. The number of nitrogens with zero attached hydrogens (tertiary/aromatic N) is 1. The number of amides is 1. The lowest BCUT2D eigenvalue weighted by Gasteiger charge is -2.23. The highest BCUT2D eigenvalue weighted by Gasteiger charge is 2.33. The van der Waals surface area contributed by atoms with Crippen LogP contribution in [0.25, 0.3) is 0 Å². The number of halogens is 3. The second kappa shape index (κ2) is 5.03. The summed E-state index contributed by atoms with van der Waals surface area (Å²) < 4.78 is 35.9. The van der Waals surface area contributed by atoms with E-state index in [9.17, 15) is 18.0 Å². The highest BCUT2D eigenvalue weighted by Crippen LogP contribution is 2.22. The Kier molecular flexibility index (Phi) is 4.18. The summed E-state index contributed by atoms with van der Waals surface area (Å²) in [5.74, 6) is -0.180. The maximum atomic E-state index is 12.0. The molecule has 3 nitrogen and oxygen atoms in total. The van der Waals surface area contributed by atoms with Crippen molar-refractivity contribution in [2.24, 2.45) is 11.8 Å². The Bertz CT molecular complexity index is 255. The van der Waals surface area contributed by atoms with Gasteiger partial charge in [0.2, 0.25) is 5.91 Å². The molecule has 0 unspecified atom stereocenters. The Labute approximate surface area is 93.0 Å². The van der Waals surface area contributed by atoms with Gasteiger partial charge in [-0.05, 0) is 12.5 Å². The van der Waals surface area contributed by atoms with Gasteiger partial charge in [-0.3, -0.25) is 4.79 Å². The van der Waals surface area contributed by atoms with Crippen molar-refractivity contribution < 1.29 is 18.0 Å². The molecule has 1 aliphatic heterocycles. The Balaban J connectivity index is 2.41. The molecule has 0 aromatic rings. The van der Waals surface area contributed by atoms with Crippen LogP contribution in [0.3, 0.4) is 0 Å². The van der Waals surface area contributed by atoms with Crippen molar-refractivity contribution in [1.29, 1.82) is 0 Å². The van der Waals surface area contributed by atoms with E-state index in [4.69, 9.17) is 0 Å². The third-order valence-electron chi connectivity index (χ3n) is 2.94. The molecule has 1 amide bonds. The highest BCUT2D eigenvalue weighted by molar-refractivity contribution is 5.79. The van der Waals surface area contributed by atoms with Gasteiger partial charge < -0.3 is 10.2 Å². The summed E-state index contributed by atoms with van der Waals surface area (Å²) in [6.07, 6.45) is -5.14. The van der Waals surface area contributed by atoms with Crippen LogP contribution in [0.4, 0.5) is 13.2 Å².